The van der Waals surface area contributed by atoms with E-state index in [0.717, 1.165) is 5.57 Å². The lowest BCUT2D eigenvalue weighted by molar-refractivity contribution is -0.142. The molecule has 0 rings (SSSR count). The summed E-state index contributed by atoms with van der Waals surface area (Å²) in [6, 6.07) is 0. The third-order valence-corrected chi connectivity index (χ3v) is 1.75. The van der Waals surface area contributed by atoms with Gasteiger partial charge in [0, 0.05) is 5.33 Å². The summed E-state index contributed by atoms with van der Waals surface area (Å²) in [5.41, 5.74) is 3.48. The minimum Gasteiger partial charge on any atom is -0.466 e. The molecule has 0 unspecified atom stereocenters. The van der Waals surface area contributed by atoms with E-state index in [0.29, 0.717) is 11.9 Å². The Labute approximate surface area is 75.1 Å². The van der Waals surface area contributed by atoms with Gasteiger partial charge in [-0.3, -0.25) is 4.79 Å². The SMILES string of the molecule is C=C=C(CBr)CC(=O)OCC. The molecule has 3 heteroatoms. The first kappa shape index (κ1) is 10.5. The smallest absolute Gasteiger partial charge is 0.310 e. The van der Waals surface area contributed by atoms with Crippen LogP contribution < -0.4 is 0 Å². The Kier molecular flexibility index (Phi) is 5.90. The lowest BCUT2D eigenvalue weighted by Crippen LogP contribution is -2.05. The Balaban J connectivity index is 3.83. The highest BCUT2D eigenvalue weighted by Gasteiger charge is 2.03. The fourth-order valence-electron chi connectivity index (χ4n) is 0.543. The maximum Gasteiger partial charge on any atom is 0.310 e. The summed E-state index contributed by atoms with van der Waals surface area (Å²) in [6.45, 7) is 5.65. The van der Waals surface area contributed by atoms with Crippen LogP contribution in [0.4, 0.5) is 0 Å². The molecule has 0 heterocycles. The molecule has 0 spiro atoms. The van der Waals surface area contributed by atoms with Crippen LogP contribution in [0.3, 0.4) is 0 Å². The predicted molar refractivity (Wildman–Crippen MR) is 47.7 cm³/mol. The van der Waals surface area contributed by atoms with Crippen molar-refractivity contribution in [2.45, 2.75) is 13.3 Å². The Morgan fingerprint density at radius 1 is 1.73 bits per heavy atom. The van der Waals surface area contributed by atoms with Gasteiger partial charge in [-0.15, -0.1) is 5.73 Å². The van der Waals surface area contributed by atoms with Gasteiger partial charge in [0.15, 0.2) is 0 Å². The molecule has 0 aliphatic heterocycles. The number of alkyl halides is 1. The number of hydrogen-bond acceptors (Lipinski definition) is 2. The second-order valence-corrected chi connectivity index (χ2v) is 2.46. The highest BCUT2D eigenvalue weighted by atomic mass is 79.9. The van der Waals surface area contributed by atoms with Crippen LogP contribution in [-0.2, 0) is 9.53 Å². The number of esters is 1. The molecule has 0 bridgehead atoms. The standard InChI is InChI=1S/C8H11BrO2/c1-3-7(6-9)5-8(10)11-4-2/h1,4-6H2,2H3. The van der Waals surface area contributed by atoms with Gasteiger partial charge in [-0.05, 0) is 12.5 Å². The van der Waals surface area contributed by atoms with Gasteiger partial charge in [0.2, 0.25) is 0 Å². The summed E-state index contributed by atoms with van der Waals surface area (Å²) < 4.78 is 4.73. The van der Waals surface area contributed by atoms with Crippen molar-refractivity contribution in [2.75, 3.05) is 11.9 Å². The quantitative estimate of drug-likeness (QED) is 0.411. The number of ether oxygens (including phenoxy) is 1. The highest BCUT2D eigenvalue weighted by molar-refractivity contribution is 9.09. The molecular formula is C8H11BrO2. The second kappa shape index (κ2) is 6.20. The molecule has 0 amide bonds. The van der Waals surface area contributed by atoms with Crippen LogP contribution >= 0.6 is 15.9 Å². The highest BCUT2D eigenvalue weighted by Crippen LogP contribution is 2.04. The van der Waals surface area contributed by atoms with Crippen molar-refractivity contribution in [1.29, 1.82) is 0 Å². The van der Waals surface area contributed by atoms with Crippen molar-refractivity contribution in [3.8, 4) is 0 Å². The molecule has 0 atom stereocenters. The molecule has 0 aromatic rings. The summed E-state index contributed by atoms with van der Waals surface area (Å²) in [6.07, 6.45) is 0.280. The molecular weight excluding hydrogens is 208 g/mol. The van der Waals surface area contributed by atoms with Gasteiger partial charge < -0.3 is 4.74 Å². The number of carbonyl (C=O) groups is 1. The normalized spacial score (nSPS) is 8.55. The summed E-state index contributed by atoms with van der Waals surface area (Å²) in [5.74, 6) is -0.224. The van der Waals surface area contributed by atoms with E-state index in [1.807, 2.05) is 0 Å². The van der Waals surface area contributed by atoms with E-state index in [-0.39, 0.29) is 12.4 Å². The average Bonchev–Trinajstić information content (AvgIpc) is 2.01. The van der Waals surface area contributed by atoms with E-state index in [9.17, 15) is 4.79 Å². The molecule has 0 N–H and O–H groups in total. The molecule has 0 aromatic heterocycles. The minimum atomic E-state index is -0.224. The maximum absolute atomic E-state index is 10.8. The average molecular weight is 219 g/mol. The Hall–Kier alpha value is -0.530. The number of carbonyl (C=O) groups excluding carboxylic acids is 1. The van der Waals surface area contributed by atoms with Gasteiger partial charge in [-0.1, -0.05) is 22.5 Å². The molecule has 2 nitrogen and oxygen atoms in total. The molecule has 0 aliphatic rings. The fourth-order valence-corrected chi connectivity index (χ4v) is 0.940. The van der Waals surface area contributed by atoms with Gasteiger partial charge in [0.25, 0.3) is 0 Å². The van der Waals surface area contributed by atoms with Crippen molar-refractivity contribution in [3.63, 3.8) is 0 Å². The van der Waals surface area contributed by atoms with E-state index in [2.05, 4.69) is 28.2 Å². The van der Waals surface area contributed by atoms with Gasteiger partial charge in [0.1, 0.15) is 0 Å². The van der Waals surface area contributed by atoms with E-state index in [1.54, 1.807) is 6.92 Å². The fraction of sp³-hybridized carbons (Fsp3) is 0.500. The minimum absolute atomic E-state index is 0.224. The van der Waals surface area contributed by atoms with Crippen molar-refractivity contribution in [2.24, 2.45) is 0 Å². The lowest BCUT2D eigenvalue weighted by Gasteiger charge is -2.00. The van der Waals surface area contributed by atoms with Gasteiger partial charge in [-0.2, -0.15) is 0 Å². The monoisotopic (exact) mass is 218 g/mol. The third kappa shape index (κ3) is 4.82. The molecule has 0 aromatic carbocycles. The summed E-state index contributed by atoms with van der Waals surface area (Å²) in [4.78, 5) is 10.8. The molecule has 0 aliphatic carbocycles. The third-order valence-electron chi connectivity index (χ3n) is 1.07. The Morgan fingerprint density at radius 3 is 2.73 bits per heavy atom. The maximum atomic E-state index is 10.8. The van der Waals surface area contributed by atoms with E-state index >= 15 is 0 Å². The van der Waals surface area contributed by atoms with Crippen LogP contribution in [-0.4, -0.2) is 17.9 Å². The van der Waals surface area contributed by atoms with E-state index in [4.69, 9.17) is 4.74 Å². The van der Waals surface area contributed by atoms with Gasteiger partial charge in [-0.25, -0.2) is 0 Å². The summed E-state index contributed by atoms with van der Waals surface area (Å²) in [7, 11) is 0. The number of rotatable bonds is 4. The first-order chi connectivity index (χ1) is 5.24. The zero-order valence-corrected chi connectivity index (χ0v) is 8.11. The van der Waals surface area contributed by atoms with Crippen LogP contribution in [0.25, 0.3) is 0 Å². The number of halogens is 1. The van der Waals surface area contributed by atoms with E-state index < -0.39 is 0 Å². The molecule has 0 fully saturated rings. The largest absolute Gasteiger partial charge is 0.466 e. The molecule has 11 heavy (non-hydrogen) atoms. The van der Waals surface area contributed by atoms with Crippen molar-refractivity contribution in [3.05, 3.63) is 17.9 Å². The molecule has 62 valence electrons. The van der Waals surface area contributed by atoms with E-state index in [1.165, 1.54) is 0 Å². The lowest BCUT2D eigenvalue weighted by atomic mass is 10.2. The van der Waals surface area contributed by atoms with Crippen LogP contribution in [0, 0.1) is 0 Å². The van der Waals surface area contributed by atoms with Crippen LogP contribution in [0.15, 0.2) is 17.9 Å². The first-order valence-corrected chi connectivity index (χ1v) is 4.46. The van der Waals surface area contributed by atoms with Crippen molar-refractivity contribution >= 4 is 21.9 Å². The first-order valence-electron chi connectivity index (χ1n) is 3.34. The van der Waals surface area contributed by atoms with Gasteiger partial charge in [0.05, 0.1) is 13.0 Å². The zero-order valence-electron chi connectivity index (χ0n) is 6.52. The summed E-state index contributed by atoms with van der Waals surface area (Å²) in [5, 5.41) is 0.620. The Bertz CT molecular complexity index is 181. The van der Waals surface area contributed by atoms with Gasteiger partial charge >= 0.3 is 5.97 Å². The topological polar surface area (TPSA) is 26.3 Å². The molecule has 0 radical (unpaired) electrons. The van der Waals surface area contributed by atoms with Crippen molar-refractivity contribution in [1.82, 2.24) is 0 Å². The van der Waals surface area contributed by atoms with Crippen LogP contribution in [0.5, 0.6) is 0 Å². The zero-order chi connectivity index (χ0) is 8.69. The van der Waals surface area contributed by atoms with Crippen molar-refractivity contribution < 1.29 is 9.53 Å². The number of hydrogen-bond donors (Lipinski definition) is 0. The second-order valence-electron chi connectivity index (χ2n) is 1.90. The molecule has 0 saturated carbocycles. The molecule has 0 saturated heterocycles. The van der Waals surface area contributed by atoms with Crippen LogP contribution in [0.2, 0.25) is 0 Å². The van der Waals surface area contributed by atoms with Crippen LogP contribution in [0.1, 0.15) is 13.3 Å². The predicted octanol–water partition coefficient (Wildman–Crippen LogP) is 2.05. The Morgan fingerprint density at radius 2 is 2.36 bits per heavy atom. The summed E-state index contributed by atoms with van der Waals surface area (Å²) >= 11 is 3.21.